The van der Waals surface area contributed by atoms with Gasteiger partial charge in [0.1, 0.15) is 5.76 Å². The quantitative estimate of drug-likeness (QED) is 0.822. The van der Waals surface area contributed by atoms with E-state index in [0.29, 0.717) is 24.0 Å². The minimum Gasteiger partial charge on any atom is -0.360 e. The van der Waals surface area contributed by atoms with E-state index in [-0.39, 0.29) is 11.9 Å². The Hall–Kier alpha value is -1.40. The second-order valence-corrected chi connectivity index (χ2v) is 5.04. The lowest BCUT2D eigenvalue weighted by Crippen LogP contribution is -2.49. The van der Waals surface area contributed by atoms with Gasteiger partial charge in [-0.2, -0.15) is 0 Å². The predicted molar refractivity (Wildman–Crippen MR) is 68.1 cm³/mol. The molecule has 6 nitrogen and oxygen atoms in total. The van der Waals surface area contributed by atoms with Crippen molar-refractivity contribution < 1.29 is 9.32 Å². The average molecular weight is 252 g/mol. The number of carbonyl (C=O) groups is 1. The van der Waals surface area contributed by atoms with Crippen molar-refractivity contribution in [3.05, 3.63) is 11.8 Å². The minimum atomic E-state index is -0.0787. The zero-order chi connectivity index (χ0) is 13.1. The SMILES string of the molecule is Cc1cc(NC(=O)CN2CCC(C)C(N)C2)no1. The van der Waals surface area contributed by atoms with Crippen molar-refractivity contribution >= 4 is 11.7 Å². The lowest BCUT2D eigenvalue weighted by atomic mass is 9.94. The minimum absolute atomic E-state index is 0.0787. The molecule has 1 amide bonds. The molecule has 3 N–H and O–H groups in total. The number of nitrogens with one attached hydrogen (secondary N) is 1. The van der Waals surface area contributed by atoms with Crippen LogP contribution in [0.2, 0.25) is 0 Å². The van der Waals surface area contributed by atoms with Crippen LogP contribution in [-0.2, 0) is 4.79 Å². The van der Waals surface area contributed by atoms with Crippen LogP contribution < -0.4 is 11.1 Å². The normalized spacial score (nSPS) is 25.1. The molecule has 0 spiro atoms. The Kier molecular flexibility index (Phi) is 3.98. The van der Waals surface area contributed by atoms with E-state index in [4.69, 9.17) is 10.3 Å². The molecule has 0 radical (unpaired) electrons. The Bertz CT molecular complexity index is 418. The zero-order valence-electron chi connectivity index (χ0n) is 10.8. The van der Waals surface area contributed by atoms with Crippen LogP contribution in [-0.4, -0.2) is 41.6 Å². The molecular weight excluding hydrogens is 232 g/mol. The smallest absolute Gasteiger partial charge is 0.239 e. The van der Waals surface area contributed by atoms with Crippen molar-refractivity contribution in [2.45, 2.75) is 26.3 Å². The van der Waals surface area contributed by atoms with Crippen LogP contribution in [0.4, 0.5) is 5.82 Å². The number of hydrogen-bond acceptors (Lipinski definition) is 5. The van der Waals surface area contributed by atoms with Gasteiger partial charge in [-0.15, -0.1) is 0 Å². The van der Waals surface area contributed by atoms with Crippen LogP contribution in [0.15, 0.2) is 10.6 Å². The second-order valence-electron chi connectivity index (χ2n) is 5.04. The van der Waals surface area contributed by atoms with Crippen molar-refractivity contribution in [2.24, 2.45) is 11.7 Å². The highest BCUT2D eigenvalue weighted by Gasteiger charge is 2.24. The summed E-state index contributed by atoms with van der Waals surface area (Å²) in [4.78, 5) is 13.9. The van der Waals surface area contributed by atoms with Crippen molar-refractivity contribution in [3.8, 4) is 0 Å². The summed E-state index contributed by atoms with van der Waals surface area (Å²) in [5.41, 5.74) is 6.00. The number of nitrogens with zero attached hydrogens (tertiary/aromatic N) is 2. The van der Waals surface area contributed by atoms with Gasteiger partial charge in [0, 0.05) is 18.7 Å². The third-order valence-corrected chi connectivity index (χ3v) is 3.36. The first-order chi connectivity index (χ1) is 8.54. The average Bonchev–Trinajstić information content (AvgIpc) is 2.69. The van der Waals surface area contributed by atoms with E-state index in [1.165, 1.54) is 0 Å². The van der Waals surface area contributed by atoms with Crippen LogP contribution in [0.1, 0.15) is 19.1 Å². The summed E-state index contributed by atoms with van der Waals surface area (Å²) in [6.07, 6.45) is 1.04. The largest absolute Gasteiger partial charge is 0.360 e. The first-order valence-electron chi connectivity index (χ1n) is 6.25. The summed E-state index contributed by atoms with van der Waals surface area (Å²) in [5, 5.41) is 6.44. The summed E-state index contributed by atoms with van der Waals surface area (Å²) in [7, 11) is 0. The Labute approximate surface area is 106 Å². The Morgan fingerprint density at radius 1 is 1.72 bits per heavy atom. The lowest BCUT2D eigenvalue weighted by Gasteiger charge is -2.34. The maximum Gasteiger partial charge on any atom is 0.239 e. The summed E-state index contributed by atoms with van der Waals surface area (Å²) < 4.78 is 4.89. The number of aryl methyl sites for hydroxylation is 1. The summed E-state index contributed by atoms with van der Waals surface area (Å²) >= 11 is 0. The molecule has 2 atom stereocenters. The summed E-state index contributed by atoms with van der Waals surface area (Å²) in [6.45, 7) is 5.98. The molecule has 100 valence electrons. The molecule has 1 saturated heterocycles. The van der Waals surface area contributed by atoms with Crippen LogP contribution in [0.5, 0.6) is 0 Å². The van der Waals surface area contributed by atoms with Crippen molar-refractivity contribution in [1.82, 2.24) is 10.1 Å². The van der Waals surface area contributed by atoms with Gasteiger partial charge in [-0.05, 0) is 25.8 Å². The highest BCUT2D eigenvalue weighted by Crippen LogP contribution is 2.15. The molecule has 2 unspecified atom stereocenters. The fraction of sp³-hybridized carbons (Fsp3) is 0.667. The number of nitrogens with two attached hydrogens (primary N) is 1. The molecule has 0 aromatic carbocycles. The standard InChI is InChI=1S/C12H20N4O2/c1-8-3-4-16(6-10(8)13)7-12(17)14-11-5-9(2)18-15-11/h5,8,10H,3-4,6-7,13H2,1-2H3,(H,14,15,17). The first-order valence-corrected chi connectivity index (χ1v) is 6.25. The Morgan fingerprint density at radius 3 is 3.11 bits per heavy atom. The van der Waals surface area contributed by atoms with Crippen molar-refractivity contribution in [3.63, 3.8) is 0 Å². The topological polar surface area (TPSA) is 84.4 Å². The molecule has 6 heteroatoms. The number of amides is 1. The summed E-state index contributed by atoms with van der Waals surface area (Å²) in [5.74, 6) is 1.60. The van der Waals surface area contributed by atoms with Gasteiger partial charge in [0.2, 0.25) is 5.91 Å². The van der Waals surface area contributed by atoms with Crippen molar-refractivity contribution in [1.29, 1.82) is 0 Å². The molecule has 1 fully saturated rings. The number of anilines is 1. The molecule has 2 heterocycles. The highest BCUT2D eigenvalue weighted by atomic mass is 16.5. The molecule has 1 aromatic heterocycles. The molecule has 1 aliphatic heterocycles. The predicted octanol–water partition coefficient (Wildman–Crippen LogP) is 0.591. The molecule has 2 rings (SSSR count). The number of carbonyl (C=O) groups excluding carboxylic acids is 1. The van der Waals surface area contributed by atoms with E-state index < -0.39 is 0 Å². The van der Waals surface area contributed by atoms with Gasteiger partial charge in [0.05, 0.1) is 6.54 Å². The van der Waals surface area contributed by atoms with E-state index in [0.717, 1.165) is 19.5 Å². The van der Waals surface area contributed by atoms with Crippen molar-refractivity contribution in [2.75, 3.05) is 25.0 Å². The number of likely N-dealkylation sites (tertiary alicyclic amines) is 1. The maximum atomic E-state index is 11.8. The number of piperidine rings is 1. The molecule has 1 aromatic rings. The maximum absolute atomic E-state index is 11.8. The molecule has 0 bridgehead atoms. The molecule has 18 heavy (non-hydrogen) atoms. The van der Waals surface area contributed by atoms with Crippen LogP contribution in [0, 0.1) is 12.8 Å². The molecule has 0 aliphatic carbocycles. The summed E-state index contributed by atoms with van der Waals surface area (Å²) in [6, 6.07) is 1.85. The first kappa shape index (κ1) is 13.0. The second kappa shape index (κ2) is 5.49. The van der Waals surface area contributed by atoms with Crippen LogP contribution in [0.3, 0.4) is 0 Å². The van der Waals surface area contributed by atoms with Gasteiger partial charge in [-0.3, -0.25) is 9.69 Å². The van der Waals surface area contributed by atoms with Gasteiger partial charge in [-0.1, -0.05) is 12.1 Å². The third kappa shape index (κ3) is 3.30. The number of aromatic nitrogens is 1. The fourth-order valence-electron chi connectivity index (χ4n) is 2.12. The van der Waals surface area contributed by atoms with Gasteiger partial charge in [0.25, 0.3) is 0 Å². The third-order valence-electron chi connectivity index (χ3n) is 3.36. The van der Waals surface area contributed by atoms with Crippen LogP contribution in [0.25, 0.3) is 0 Å². The number of hydrogen-bond donors (Lipinski definition) is 2. The molecule has 0 saturated carbocycles. The Balaban J connectivity index is 1.81. The van der Waals surface area contributed by atoms with E-state index >= 15 is 0 Å². The van der Waals surface area contributed by atoms with Gasteiger partial charge >= 0.3 is 0 Å². The van der Waals surface area contributed by atoms with Gasteiger partial charge < -0.3 is 15.6 Å². The molecule has 1 aliphatic rings. The highest BCUT2D eigenvalue weighted by molar-refractivity contribution is 5.91. The van der Waals surface area contributed by atoms with Gasteiger partial charge in [-0.25, -0.2) is 0 Å². The fourth-order valence-corrected chi connectivity index (χ4v) is 2.12. The van der Waals surface area contributed by atoms with E-state index in [1.807, 2.05) is 0 Å². The monoisotopic (exact) mass is 252 g/mol. The lowest BCUT2D eigenvalue weighted by molar-refractivity contribution is -0.117. The zero-order valence-corrected chi connectivity index (χ0v) is 10.8. The van der Waals surface area contributed by atoms with Crippen LogP contribution >= 0.6 is 0 Å². The number of rotatable bonds is 3. The van der Waals surface area contributed by atoms with Gasteiger partial charge in [0.15, 0.2) is 5.82 Å². The van der Waals surface area contributed by atoms with E-state index in [9.17, 15) is 4.79 Å². The Morgan fingerprint density at radius 2 is 2.50 bits per heavy atom. The van der Waals surface area contributed by atoms with E-state index in [1.54, 1.807) is 13.0 Å². The van der Waals surface area contributed by atoms with E-state index in [2.05, 4.69) is 22.3 Å². The molecular formula is C12H20N4O2.